The van der Waals surface area contributed by atoms with Gasteiger partial charge in [-0.15, -0.1) is 0 Å². The molecule has 1 aromatic rings. The lowest BCUT2D eigenvalue weighted by Crippen LogP contribution is -2.34. The van der Waals surface area contributed by atoms with Gasteiger partial charge in [0.2, 0.25) is 0 Å². The first kappa shape index (κ1) is 23.1. The second-order valence-corrected chi connectivity index (χ2v) is 10.1. The number of carbonyl (C=O) groups excluding carboxylic acids is 2. The van der Waals surface area contributed by atoms with E-state index in [1.165, 1.54) is 18.1 Å². The third-order valence-electron chi connectivity index (χ3n) is 5.60. The van der Waals surface area contributed by atoms with Gasteiger partial charge in [0.15, 0.2) is 9.84 Å². The van der Waals surface area contributed by atoms with Gasteiger partial charge in [0, 0.05) is 31.6 Å². The fraction of sp³-hybridized carbons (Fsp3) is 0.524. The molecule has 2 heterocycles. The van der Waals surface area contributed by atoms with Gasteiger partial charge in [-0.05, 0) is 37.0 Å². The second kappa shape index (κ2) is 9.27. The highest BCUT2D eigenvalue weighted by atomic mass is 32.2. The highest BCUT2D eigenvalue weighted by molar-refractivity contribution is 7.90. The molecule has 1 unspecified atom stereocenters. The summed E-state index contributed by atoms with van der Waals surface area (Å²) in [6.45, 7) is 3.67. The van der Waals surface area contributed by atoms with Crippen LogP contribution in [-0.2, 0) is 24.2 Å². The minimum absolute atomic E-state index is 0.0219. The number of nitrogens with one attached hydrogen (secondary N) is 1. The minimum atomic E-state index is -3.60. The van der Waals surface area contributed by atoms with E-state index in [1.807, 2.05) is 0 Å². The van der Waals surface area contributed by atoms with Gasteiger partial charge in [-0.2, -0.15) is 0 Å². The number of nitrogens with zero attached hydrogens (tertiary/aromatic N) is 2. The van der Waals surface area contributed by atoms with Crippen LogP contribution in [0.4, 0.5) is 11.4 Å². The van der Waals surface area contributed by atoms with Crippen molar-refractivity contribution in [2.24, 2.45) is 5.92 Å². The van der Waals surface area contributed by atoms with Crippen molar-refractivity contribution >= 4 is 33.1 Å². The summed E-state index contributed by atoms with van der Waals surface area (Å²) in [5, 5.41) is 12.1. The van der Waals surface area contributed by atoms with Crippen LogP contribution >= 0.6 is 0 Å². The van der Waals surface area contributed by atoms with Crippen molar-refractivity contribution in [2.75, 3.05) is 56.4 Å². The zero-order valence-electron chi connectivity index (χ0n) is 18.1. The maximum absolute atomic E-state index is 12.8. The van der Waals surface area contributed by atoms with Crippen LogP contribution in [0.15, 0.2) is 34.4 Å². The molecule has 1 amide bonds. The molecule has 1 fully saturated rings. The number of aliphatic hydroxyl groups is 1. The van der Waals surface area contributed by atoms with E-state index in [0.29, 0.717) is 5.92 Å². The normalized spacial score (nSPS) is 19.7. The van der Waals surface area contributed by atoms with E-state index in [-0.39, 0.29) is 41.5 Å². The number of aliphatic hydroxyl groups excluding tert-OH is 1. The summed E-state index contributed by atoms with van der Waals surface area (Å²) in [6, 6.07) is 5.00. The van der Waals surface area contributed by atoms with Gasteiger partial charge in [-0.1, -0.05) is 6.92 Å². The molecule has 31 heavy (non-hydrogen) atoms. The lowest BCUT2D eigenvalue weighted by molar-refractivity contribution is -0.136. The third kappa shape index (κ3) is 5.01. The van der Waals surface area contributed by atoms with Crippen LogP contribution < -0.4 is 10.2 Å². The van der Waals surface area contributed by atoms with Crippen LogP contribution in [0.2, 0.25) is 0 Å². The van der Waals surface area contributed by atoms with Crippen molar-refractivity contribution in [2.45, 2.75) is 24.7 Å². The summed E-state index contributed by atoms with van der Waals surface area (Å²) in [5.74, 6) is -0.652. The van der Waals surface area contributed by atoms with Crippen LogP contribution in [0.5, 0.6) is 0 Å². The zero-order chi connectivity index (χ0) is 22.8. The standard InChI is InChI=1S/C21H29N3O6S/c1-14-5-4-8-23(12-14)15-6-7-18(31(3,28)29)17(11-15)22-19-16(21(27)30-2)13-24(9-10-25)20(19)26/h6-7,11,14,22,25H,4-5,8-10,12-13H2,1-3H3. The Bertz CT molecular complexity index is 1000. The first-order valence-corrected chi connectivity index (χ1v) is 12.1. The molecule has 1 saturated heterocycles. The SMILES string of the molecule is COC(=O)C1=C(Nc2cc(N3CCCC(C)C3)ccc2S(C)(=O)=O)C(=O)N(CCO)C1. The number of methoxy groups -OCH3 is 1. The number of β-amino-alcohol motifs (C(OH)–C–C–N with tert-alkyl or cyclic N) is 1. The van der Waals surface area contributed by atoms with E-state index in [2.05, 4.69) is 17.1 Å². The summed E-state index contributed by atoms with van der Waals surface area (Å²) in [4.78, 5) is 28.6. The van der Waals surface area contributed by atoms with Gasteiger partial charge in [0.1, 0.15) is 5.70 Å². The molecular weight excluding hydrogens is 422 g/mol. The van der Waals surface area contributed by atoms with Crippen molar-refractivity contribution in [1.82, 2.24) is 4.90 Å². The average molecular weight is 452 g/mol. The molecule has 9 nitrogen and oxygen atoms in total. The van der Waals surface area contributed by atoms with Crippen molar-refractivity contribution in [3.8, 4) is 0 Å². The average Bonchev–Trinajstić information content (AvgIpc) is 3.02. The fourth-order valence-corrected chi connectivity index (χ4v) is 4.87. The molecule has 2 N–H and O–H groups in total. The summed E-state index contributed by atoms with van der Waals surface area (Å²) in [5.41, 5.74) is 1.14. The Labute approximate surface area is 182 Å². The van der Waals surface area contributed by atoms with Crippen LogP contribution in [-0.4, -0.2) is 76.5 Å². The highest BCUT2D eigenvalue weighted by Crippen LogP contribution is 2.32. The molecule has 2 aliphatic heterocycles. The van der Waals surface area contributed by atoms with Gasteiger partial charge < -0.3 is 25.0 Å². The van der Waals surface area contributed by atoms with Gasteiger partial charge in [-0.25, -0.2) is 13.2 Å². The van der Waals surface area contributed by atoms with Crippen molar-refractivity contribution in [3.05, 3.63) is 29.5 Å². The molecule has 0 aliphatic carbocycles. The first-order chi connectivity index (χ1) is 14.7. The smallest absolute Gasteiger partial charge is 0.337 e. The number of hydrogen-bond acceptors (Lipinski definition) is 8. The number of benzene rings is 1. The van der Waals surface area contributed by atoms with E-state index < -0.39 is 21.7 Å². The van der Waals surface area contributed by atoms with Gasteiger partial charge in [-0.3, -0.25) is 4.79 Å². The summed E-state index contributed by atoms with van der Waals surface area (Å²) >= 11 is 0. The van der Waals surface area contributed by atoms with E-state index in [9.17, 15) is 23.1 Å². The number of rotatable bonds is 7. The molecule has 0 spiro atoms. The first-order valence-electron chi connectivity index (χ1n) is 10.2. The number of hydrogen-bond donors (Lipinski definition) is 2. The molecule has 1 aromatic carbocycles. The zero-order valence-corrected chi connectivity index (χ0v) is 18.9. The predicted molar refractivity (Wildman–Crippen MR) is 116 cm³/mol. The molecule has 10 heteroatoms. The third-order valence-corrected chi connectivity index (χ3v) is 6.75. The maximum atomic E-state index is 12.8. The van der Waals surface area contributed by atoms with Crippen LogP contribution in [0.25, 0.3) is 0 Å². The topological polar surface area (TPSA) is 116 Å². The molecule has 0 bridgehead atoms. The van der Waals surface area contributed by atoms with Crippen LogP contribution in [0, 0.1) is 5.92 Å². The van der Waals surface area contributed by atoms with E-state index in [4.69, 9.17) is 4.74 Å². The molecule has 0 saturated carbocycles. The van der Waals surface area contributed by atoms with Crippen LogP contribution in [0.3, 0.4) is 0 Å². The van der Waals surface area contributed by atoms with E-state index >= 15 is 0 Å². The molecule has 0 radical (unpaired) electrons. The predicted octanol–water partition coefficient (Wildman–Crippen LogP) is 1.000. The summed E-state index contributed by atoms with van der Waals surface area (Å²) in [6.07, 6.45) is 3.29. The lowest BCUT2D eigenvalue weighted by atomic mass is 10.00. The second-order valence-electron chi connectivity index (χ2n) is 8.07. The van der Waals surface area contributed by atoms with E-state index in [1.54, 1.807) is 12.1 Å². The Morgan fingerprint density at radius 2 is 2.10 bits per heavy atom. The fourth-order valence-electron chi connectivity index (χ4n) is 4.04. The Morgan fingerprint density at radius 1 is 1.35 bits per heavy atom. The minimum Gasteiger partial charge on any atom is -0.466 e. The number of sulfone groups is 1. The number of ether oxygens (including phenoxy) is 1. The molecular formula is C21H29N3O6S. The quantitative estimate of drug-likeness (QED) is 0.590. The van der Waals surface area contributed by atoms with E-state index in [0.717, 1.165) is 37.9 Å². The number of carbonyl (C=O) groups is 2. The van der Waals surface area contributed by atoms with Crippen LogP contribution in [0.1, 0.15) is 19.8 Å². The molecule has 170 valence electrons. The Morgan fingerprint density at radius 3 is 2.71 bits per heavy atom. The van der Waals surface area contributed by atoms with Crippen molar-refractivity contribution in [1.29, 1.82) is 0 Å². The summed E-state index contributed by atoms with van der Waals surface area (Å²) < 4.78 is 29.6. The molecule has 1 atom stereocenters. The number of anilines is 2. The van der Waals surface area contributed by atoms with Gasteiger partial charge >= 0.3 is 5.97 Å². The van der Waals surface area contributed by atoms with Crippen molar-refractivity contribution in [3.63, 3.8) is 0 Å². The van der Waals surface area contributed by atoms with Crippen molar-refractivity contribution < 1.29 is 27.9 Å². The Kier molecular flexibility index (Phi) is 6.90. The lowest BCUT2D eigenvalue weighted by Gasteiger charge is -2.33. The summed E-state index contributed by atoms with van der Waals surface area (Å²) in [7, 11) is -2.39. The van der Waals surface area contributed by atoms with Gasteiger partial charge in [0.25, 0.3) is 5.91 Å². The molecule has 2 aliphatic rings. The van der Waals surface area contributed by atoms with Gasteiger partial charge in [0.05, 0.1) is 36.4 Å². The Balaban J connectivity index is 2.03. The maximum Gasteiger partial charge on any atom is 0.337 e. The number of esters is 1. The molecule has 3 rings (SSSR count). The largest absolute Gasteiger partial charge is 0.466 e. The Hall–Kier alpha value is -2.59. The monoisotopic (exact) mass is 451 g/mol. The molecule has 0 aromatic heterocycles. The number of amides is 1. The highest BCUT2D eigenvalue weighted by Gasteiger charge is 2.35. The number of piperidine rings is 1.